The first-order valence-electron chi connectivity index (χ1n) is 15.0. The topological polar surface area (TPSA) is 126 Å². The number of aliphatic hydroxyl groups excluding tert-OH is 1. The van der Waals surface area contributed by atoms with E-state index in [1.807, 2.05) is 23.1 Å². The van der Waals surface area contributed by atoms with Crippen LogP contribution in [-0.4, -0.2) is 67.3 Å². The summed E-state index contributed by atoms with van der Waals surface area (Å²) in [7, 11) is 2.14. The number of likely N-dealkylation sites (tertiary alicyclic amines) is 1. The largest absolute Gasteiger partial charge is 0.392 e. The van der Waals surface area contributed by atoms with Crippen LogP contribution in [-0.2, 0) is 19.4 Å². The van der Waals surface area contributed by atoms with Crippen molar-refractivity contribution in [2.75, 3.05) is 37.3 Å². The SMILES string of the molecule is CN1CCC(n2cc(Cc3nc(N)nc(-c4cccc(N5CCc6cc(C7CC7)cc(F)c6C5=O)c4CO)n3)cn2)CC1. The first-order valence-corrected chi connectivity index (χ1v) is 15.0. The number of benzene rings is 2. The van der Waals surface area contributed by atoms with Crippen LogP contribution in [0.25, 0.3) is 11.4 Å². The van der Waals surface area contributed by atoms with Crippen LogP contribution in [0.1, 0.15) is 76.1 Å². The predicted octanol–water partition coefficient (Wildman–Crippen LogP) is 3.89. The Kier molecular flexibility index (Phi) is 7.14. The van der Waals surface area contributed by atoms with Gasteiger partial charge in [0.2, 0.25) is 5.95 Å². The number of amides is 1. The van der Waals surface area contributed by atoms with Crippen LogP contribution in [0.2, 0.25) is 0 Å². The van der Waals surface area contributed by atoms with E-state index in [1.54, 1.807) is 23.1 Å². The maximum atomic E-state index is 15.2. The van der Waals surface area contributed by atoms with Crippen LogP contribution in [0.4, 0.5) is 16.0 Å². The quantitative estimate of drug-likeness (QED) is 0.336. The van der Waals surface area contributed by atoms with Crippen molar-refractivity contribution < 1.29 is 14.3 Å². The second-order valence-electron chi connectivity index (χ2n) is 12.0. The van der Waals surface area contributed by atoms with Gasteiger partial charge in [0, 0.05) is 30.3 Å². The minimum atomic E-state index is -0.482. The van der Waals surface area contributed by atoms with Gasteiger partial charge < -0.3 is 20.6 Å². The fourth-order valence-corrected chi connectivity index (χ4v) is 6.43. The van der Waals surface area contributed by atoms with Gasteiger partial charge in [-0.25, -0.2) is 9.37 Å². The van der Waals surface area contributed by atoms with Gasteiger partial charge in [0.05, 0.1) is 30.1 Å². The zero-order valence-corrected chi connectivity index (χ0v) is 24.2. The molecule has 0 unspecified atom stereocenters. The Bertz CT molecular complexity index is 1690. The average molecular weight is 583 g/mol. The van der Waals surface area contributed by atoms with E-state index in [1.165, 1.54) is 6.07 Å². The van der Waals surface area contributed by atoms with Crippen molar-refractivity contribution in [2.45, 2.75) is 57.1 Å². The Morgan fingerprint density at radius 1 is 1.07 bits per heavy atom. The molecule has 2 aromatic carbocycles. The number of halogens is 1. The van der Waals surface area contributed by atoms with E-state index in [4.69, 9.17) is 10.7 Å². The summed E-state index contributed by atoms with van der Waals surface area (Å²) in [6.07, 6.45) is 9.07. The number of carbonyl (C=O) groups excluding carboxylic acids is 1. The van der Waals surface area contributed by atoms with Crippen molar-refractivity contribution in [3.63, 3.8) is 0 Å². The van der Waals surface area contributed by atoms with E-state index in [0.29, 0.717) is 59.8 Å². The summed E-state index contributed by atoms with van der Waals surface area (Å²) in [4.78, 5) is 31.0. The highest BCUT2D eigenvalue weighted by molar-refractivity contribution is 6.09. The number of nitrogens with two attached hydrogens (primary N) is 1. The Hall–Kier alpha value is -4.22. The van der Waals surface area contributed by atoms with E-state index in [9.17, 15) is 9.90 Å². The summed E-state index contributed by atoms with van der Waals surface area (Å²) >= 11 is 0. The molecule has 10 nitrogen and oxygen atoms in total. The van der Waals surface area contributed by atoms with E-state index in [-0.39, 0.29) is 18.1 Å². The monoisotopic (exact) mass is 582 g/mol. The maximum Gasteiger partial charge on any atom is 0.261 e. The number of hydrogen-bond donors (Lipinski definition) is 2. The molecular weight excluding hydrogens is 547 g/mol. The minimum Gasteiger partial charge on any atom is -0.392 e. The van der Waals surface area contributed by atoms with Gasteiger partial charge in [-0.05, 0) is 87.0 Å². The fraction of sp³-hybridized carbons (Fsp3) is 0.406. The molecule has 3 N–H and O–H groups in total. The lowest BCUT2D eigenvalue weighted by molar-refractivity contribution is 0.0976. The molecule has 1 saturated heterocycles. The molecule has 0 spiro atoms. The molecule has 0 radical (unpaired) electrons. The number of nitrogens with zero attached hydrogens (tertiary/aromatic N) is 7. The standard InChI is InChI=1S/C32H35FN8O2/c1-39-10-8-23(9-11-39)41-17-19(16-35-41)13-28-36-30(38-32(34)37-28)24-3-2-4-27(25(24)18-42)40-12-7-21-14-22(20-5-6-20)15-26(33)29(21)31(40)43/h2-4,14-17,20,23,42H,5-13,18H2,1H3,(H2,34,36,37,38). The molecule has 4 aromatic rings. The van der Waals surface area contributed by atoms with E-state index in [2.05, 4.69) is 27.0 Å². The summed E-state index contributed by atoms with van der Waals surface area (Å²) in [6, 6.07) is 9.20. The fourth-order valence-electron chi connectivity index (χ4n) is 6.43. The average Bonchev–Trinajstić information content (AvgIpc) is 3.75. The summed E-state index contributed by atoms with van der Waals surface area (Å²) in [5.74, 6) is 0.361. The lowest BCUT2D eigenvalue weighted by Gasteiger charge is -2.31. The summed E-state index contributed by atoms with van der Waals surface area (Å²) in [5, 5.41) is 15.1. The van der Waals surface area contributed by atoms with Crippen molar-refractivity contribution in [3.05, 3.63) is 82.2 Å². The number of piperidine rings is 1. The number of aromatic nitrogens is 5. The smallest absolute Gasteiger partial charge is 0.261 e. The van der Waals surface area contributed by atoms with Gasteiger partial charge in [0.15, 0.2) is 5.82 Å². The molecule has 0 atom stereocenters. The van der Waals surface area contributed by atoms with Crippen molar-refractivity contribution in [2.24, 2.45) is 0 Å². The number of anilines is 2. The number of nitrogen functional groups attached to an aromatic ring is 1. The molecule has 43 heavy (non-hydrogen) atoms. The van der Waals surface area contributed by atoms with Gasteiger partial charge in [0.1, 0.15) is 11.6 Å². The molecule has 1 amide bonds. The Labute approximate surface area is 249 Å². The second-order valence-corrected chi connectivity index (χ2v) is 12.0. The molecule has 4 heterocycles. The van der Waals surface area contributed by atoms with Crippen LogP contribution < -0.4 is 10.6 Å². The van der Waals surface area contributed by atoms with Crippen molar-refractivity contribution in [1.29, 1.82) is 0 Å². The number of fused-ring (bicyclic) bond motifs is 1. The van der Waals surface area contributed by atoms with Crippen LogP contribution in [0, 0.1) is 5.82 Å². The third kappa shape index (κ3) is 5.38. The molecule has 222 valence electrons. The molecule has 7 rings (SSSR count). The molecule has 2 aromatic heterocycles. The van der Waals surface area contributed by atoms with E-state index < -0.39 is 11.7 Å². The first kappa shape index (κ1) is 27.6. The van der Waals surface area contributed by atoms with Crippen molar-refractivity contribution in [3.8, 4) is 11.4 Å². The van der Waals surface area contributed by atoms with Crippen molar-refractivity contribution in [1.82, 2.24) is 29.6 Å². The summed E-state index contributed by atoms with van der Waals surface area (Å²) in [6.45, 7) is 2.10. The van der Waals surface area contributed by atoms with E-state index in [0.717, 1.165) is 55.5 Å². The molecule has 11 heteroatoms. The van der Waals surface area contributed by atoms with Gasteiger partial charge in [-0.3, -0.25) is 9.48 Å². The van der Waals surface area contributed by atoms with Gasteiger partial charge in [-0.2, -0.15) is 15.1 Å². The molecule has 2 fully saturated rings. The minimum absolute atomic E-state index is 0.0634. The maximum absolute atomic E-state index is 15.2. The zero-order chi connectivity index (χ0) is 29.7. The lowest BCUT2D eigenvalue weighted by atomic mass is 9.93. The summed E-state index contributed by atoms with van der Waals surface area (Å²) < 4.78 is 17.3. The van der Waals surface area contributed by atoms with E-state index >= 15 is 4.39 Å². The second kappa shape index (κ2) is 11.1. The Balaban J connectivity index is 1.17. The van der Waals surface area contributed by atoms with Crippen LogP contribution in [0.15, 0.2) is 42.7 Å². The molecule has 2 aliphatic heterocycles. The highest BCUT2D eigenvalue weighted by atomic mass is 19.1. The van der Waals surface area contributed by atoms with Crippen LogP contribution >= 0.6 is 0 Å². The highest BCUT2D eigenvalue weighted by Crippen LogP contribution is 2.42. The number of rotatable bonds is 7. The number of carbonyl (C=O) groups is 1. The van der Waals surface area contributed by atoms with Crippen LogP contribution in [0.5, 0.6) is 0 Å². The molecular formula is C32H35FN8O2. The van der Waals surface area contributed by atoms with Gasteiger partial charge in [-0.1, -0.05) is 18.2 Å². The molecule has 0 bridgehead atoms. The lowest BCUT2D eigenvalue weighted by Crippen LogP contribution is -2.39. The van der Waals surface area contributed by atoms with Crippen molar-refractivity contribution >= 4 is 17.5 Å². The molecule has 3 aliphatic rings. The highest BCUT2D eigenvalue weighted by Gasteiger charge is 2.33. The summed E-state index contributed by atoms with van der Waals surface area (Å²) in [5.41, 5.74) is 10.5. The third-order valence-electron chi connectivity index (χ3n) is 8.93. The van der Waals surface area contributed by atoms with Crippen LogP contribution in [0.3, 0.4) is 0 Å². The first-order chi connectivity index (χ1) is 20.9. The van der Waals surface area contributed by atoms with Gasteiger partial charge in [-0.15, -0.1) is 0 Å². The Morgan fingerprint density at radius 3 is 2.65 bits per heavy atom. The zero-order valence-electron chi connectivity index (χ0n) is 24.2. The number of hydrogen-bond acceptors (Lipinski definition) is 8. The van der Waals surface area contributed by atoms with Gasteiger partial charge in [0.25, 0.3) is 5.91 Å². The molecule has 1 aliphatic carbocycles. The van der Waals surface area contributed by atoms with Gasteiger partial charge >= 0.3 is 0 Å². The Morgan fingerprint density at radius 2 is 1.88 bits per heavy atom. The third-order valence-corrected chi connectivity index (χ3v) is 8.93. The molecule has 1 saturated carbocycles. The number of aliphatic hydroxyl groups is 1. The normalized spacial score (nSPS) is 17.8. The predicted molar refractivity (Wildman–Crippen MR) is 160 cm³/mol.